The van der Waals surface area contributed by atoms with E-state index in [-0.39, 0.29) is 18.6 Å². The number of carboxylic acid groups (broad SMARTS) is 1. The van der Waals surface area contributed by atoms with Crippen LogP contribution in [0.3, 0.4) is 0 Å². The van der Waals surface area contributed by atoms with E-state index in [0.29, 0.717) is 5.69 Å². The highest BCUT2D eigenvalue weighted by atomic mass is 16.4. The number of hydrazine groups is 1. The lowest BCUT2D eigenvalue weighted by Crippen LogP contribution is -2.34. The van der Waals surface area contributed by atoms with Gasteiger partial charge in [-0.1, -0.05) is 6.07 Å². The maximum Gasteiger partial charge on any atom is 0.320 e. The van der Waals surface area contributed by atoms with Crippen LogP contribution in [0.1, 0.15) is 18.4 Å². The van der Waals surface area contributed by atoms with E-state index >= 15 is 0 Å². The van der Waals surface area contributed by atoms with E-state index in [1.54, 1.807) is 18.2 Å². The summed E-state index contributed by atoms with van der Waals surface area (Å²) in [7, 11) is 0. The Labute approximate surface area is 110 Å². The molecule has 1 rings (SSSR count). The fourth-order valence-electron chi connectivity index (χ4n) is 1.36. The molecule has 0 spiro atoms. The molecule has 0 fully saturated rings. The molecular weight excluding hydrogens is 250 g/mol. The molecule has 1 aromatic rings. The van der Waals surface area contributed by atoms with Crippen molar-refractivity contribution in [1.29, 1.82) is 0 Å². The molecule has 19 heavy (non-hydrogen) atoms. The van der Waals surface area contributed by atoms with Crippen LogP contribution in [0.2, 0.25) is 0 Å². The number of aliphatic carboxylic acids is 1. The van der Waals surface area contributed by atoms with Gasteiger partial charge in [-0.25, -0.2) is 0 Å². The number of aromatic hydroxyl groups is 1. The summed E-state index contributed by atoms with van der Waals surface area (Å²) in [5, 5.41) is 18.1. The molecule has 1 amide bonds. The van der Waals surface area contributed by atoms with Crippen molar-refractivity contribution in [3.63, 3.8) is 0 Å². The number of aryl methyl sites for hydroxylation is 1. The fourth-order valence-corrected chi connectivity index (χ4v) is 1.36. The number of amides is 1. The van der Waals surface area contributed by atoms with E-state index in [9.17, 15) is 14.7 Å². The second-order valence-electron chi connectivity index (χ2n) is 4.18. The van der Waals surface area contributed by atoms with Crippen molar-refractivity contribution in [3.8, 4) is 5.75 Å². The van der Waals surface area contributed by atoms with Gasteiger partial charge in [0.25, 0.3) is 0 Å². The summed E-state index contributed by atoms with van der Waals surface area (Å²) in [6.45, 7) is 1.83. The van der Waals surface area contributed by atoms with Gasteiger partial charge >= 0.3 is 5.97 Å². The average Bonchev–Trinajstić information content (AvgIpc) is 2.34. The van der Waals surface area contributed by atoms with Crippen LogP contribution >= 0.6 is 0 Å². The van der Waals surface area contributed by atoms with Gasteiger partial charge in [-0.3, -0.25) is 20.4 Å². The molecule has 7 heteroatoms. The van der Waals surface area contributed by atoms with Gasteiger partial charge in [-0.15, -0.1) is 0 Å². The summed E-state index contributed by atoms with van der Waals surface area (Å²) < 4.78 is 0. The number of nitrogens with one attached hydrogen (secondary N) is 2. The second-order valence-corrected chi connectivity index (χ2v) is 4.18. The lowest BCUT2D eigenvalue weighted by atomic mass is 10.1. The number of hydrogen-bond acceptors (Lipinski definition) is 5. The molecule has 1 unspecified atom stereocenters. The van der Waals surface area contributed by atoms with Gasteiger partial charge in [0.2, 0.25) is 5.91 Å². The Bertz CT molecular complexity index is 476. The molecule has 104 valence electrons. The first-order chi connectivity index (χ1) is 8.90. The molecule has 0 aliphatic heterocycles. The van der Waals surface area contributed by atoms with Gasteiger partial charge in [-0.2, -0.15) is 0 Å². The smallest absolute Gasteiger partial charge is 0.320 e. The van der Waals surface area contributed by atoms with Crippen LogP contribution in [0.4, 0.5) is 5.69 Å². The van der Waals surface area contributed by atoms with Crippen LogP contribution < -0.4 is 16.6 Å². The molecule has 0 aliphatic carbocycles. The Morgan fingerprint density at radius 2 is 2.11 bits per heavy atom. The van der Waals surface area contributed by atoms with E-state index < -0.39 is 17.9 Å². The van der Waals surface area contributed by atoms with Crippen molar-refractivity contribution < 1.29 is 19.8 Å². The summed E-state index contributed by atoms with van der Waals surface area (Å²) in [6.07, 6.45) is 0.0236. The lowest BCUT2D eigenvalue weighted by molar-refractivity contribution is -0.138. The number of benzene rings is 1. The zero-order chi connectivity index (χ0) is 14.4. The number of phenolic OH excluding ortho intramolecular Hbond substituents is 1. The zero-order valence-corrected chi connectivity index (χ0v) is 10.5. The Morgan fingerprint density at radius 1 is 1.42 bits per heavy atom. The maximum absolute atomic E-state index is 11.4. The Hall–Kier alpha value is -2.28. The number of rotatable bonds is 6. The zero-order valence-electron chi connectivity index (χ0n) is 10.5. The molecular formula is C12H17N3O4. The first-order valence-corrected chi connectivity index (χ1v) is 5.73. The summed E-state index contributed by atoms with van der Waals surface area (Å²) in [4.78, 5) is 21.9. The van der Waals surface area contributed by atoms with Crippen molar-refractivity contribution in [1.82, 2.24) is 5.43 Å². The SMILES string of the molecule is Cc1ccc(NNC(=O)CCC(N)C(=O)O)c(O)c1. The number of hydrogen-bond donors (Lipinski definition) is 5. The molecule has 0 bridgehead atoms. The van der Waals surface area contributed by atoms with E-state index in [1.807, 2.05) is 6.92 Å². The lowest BCUT2D eigenvalue weighted by Gasteiger charge is -2.11. The average molecular weight is 267 g/mol. The minimum Gasteiger partial charge on any atom is -0.506 e. The summed E-state index contributed by atoms with van der Waals surface area (Å²) in [6, 6.07) is 3.88. The van der Waals surface area contributed by atoms with Gasteiger partial charge in [0.05, 0.1) is 5.69 Å². The van der Waals surface area contributed by atoms with Crippen LogP contribution in [0.5, 0.6) is 5.75 Å². The number of phenols is 1. The van der Waals surface area contributed by atoms with Gasteiger partial charge in [-0.05, 0) is 31.0 Å². The van der Waals surface area contributed by atoms with Gasteiger partial charge in [0.1, 0.15) is 11.8 Å². The van der Waals surface area contributed by atoms with Crippen LogP contribution in [0, 0.1) is 6.92 Å². The number of carbonyl (C=O) groups excluding carboxylic acids is 1. The minimum absolute atomic E-state index is 0.0162. The third-order valence-corrected chi connectivity index (χ3v) is 2.49. The number of nitrogens with two attached hydrogens (primary N) is 1. The van der Waals surface area contributed by atoms with Crippen molar-refractivity contribution in [2.45, 2.75) is 25.8 Å². The third-order valence-electron chi connectivity index (χ3n) is 2.49. The standard InChI is InChI=1S/C12H17N3O4/c1-7-2-4-9(10(16)6-7)14-15-11(17)5-3-8(13)12(18)19/h2,4,6,8,14,16H,3,5,13H2,1H3,(H,15,17)(H,18,19). The predicted octanol–water partition coefficient (Wildman–Crippen LogP) is 0.336. The molecule has 0 saturated heterocycles. The summed E-state index contributed by atoms with van der Waals surface area (Å²) in [5.41, 5.74) is 11.4. The minimum atomic E-state index is -1.14. The van der Waals surface area contributed by atoms with Crippen molar-refractivity contribution >= 4 is 17.6 Å². The number of carboxylic acids is 1. The summed E-state index contributed by atoms with van der Waals surface area (Å²) in [5.74, 6) is -1.53. The van der Waals surface area contributed by atoms with Crippen molar-refractivity contribution in [2.24, 2.45) is 5.73 Å². The van der Waals surface area contributed by atoms with Crippen molar-refractivity contribution in [2.75, 3.05) is 5.43 Å². The Morgan fingerprint density at radius 3 is 2.68 bits per heavy atom. The normalized spacial score (nSPS) is 11.7. The van der Waals surface area contributed by atoms with Crippen LogP contribution in [-0.4, -0.2) is 28.1 Å². The monoisotopic (exact) mass is 267 g/mol. The summed E-state index contributed by atoms with van der Waals surface area (Å²) >= 11 is 0. The topological polar surface area (TPSA) is 125 Å². The molecule has 0 heterocycles. The predicted molar refractivity (Wildman–Crippen MR) is 69.5 cm³/mol. The largest absolute Gasteiger partial charge is 0.506 e. The highest BCUT2D eigenvalue weighted by Crippen LogP contribution is 2.22. The van der Waals surface area contributed by atoms with Crippen LogP contribution in [-0.2, 0) is 9.59 Å². The quantitative estimate of drug-likeness (QED) is 0.374. The van der Waals surface area contributed by atoms with Crippen molar-refractivity contribution in [3.05, 3.63) is 23.8 Å². The first kappa shape index (κ1) is 14.8. The first-order valence-electron chi connectivity index (χ1n) is 5.73. The molecule has 0 aromatic heterocycles. The molecule has 1 aromatic carbocycles. The maximum atomic E-state index is 11.4. The number of anilines is 1. The number of carbonyl (C=O) groups is 2. The van der Waals surface area contributed by atoms with E-state index in [0.717, 1.165) is 5.56 Å². The highest BCUT2D eigenvalue weighted by molar-refractivity contribution is 5.79. The molecule has 0 aliphatic rings. The van der Waals surface area contributed by atoms with Gasteiger partial charge in [0.15, 0.2) is 0 Å². The van der Waals surface area contributed by atoms with E-state index in [1.165, 1.54) is 0 Å². The second kappa shape index (κ2) is 6.60. The van der Waals surface area contributed by atoms with Gasteiger partial charge in [0, 0.05) is 6.42 Å². The third kappa shape index (κ3) is 4.84. The van der Waals surface area contributed by atoms with Gasteiger partial charge < -0.3 is 15.9 Å². The Kier molecular flexibility index (Phi) is 5.13. The Balaban J connectivity index is 2.40. The molecule has 0 radical (unpaired) electrons. The highest BCUT2D eigenvalue weighted by Gasteiger charge is 2.13. The molecule has 0 saturated carbocycles. The fraction of sp³-hybridized carbons (Fsp3) is 0.333. The van der Waals surface area contributed by atoms with Crippen LogP contribution in [0.15, 0.2) is 18.2 Å². The van der Waals surface area contributed by atoms with Crippen LogP contribution in [0.25, 0.3) is 0 Å². The van der Waals surface area contributed by atoms with E-state index in [4.69, 9.17) is 10.8 Å². The molecule has 7 nitrogen and oxygen atoms in total. The molecule has 6 N–H and O–H groups in total. The molecule has 1 atom stereocenters. The van der Waals surface area contributed by atoms with E-state index in [2.05, 4.69) is 10.9 Å².